The summed E-state index contributed by atoms with van der Waals surface area (Å²) in [4.78, 5) is 0. The SMILES string of the molecule is COc1ccc(CNc2ccc(Br)cc2C#N)cc1OC. The zero-order valence-corrected chi connectivity index (χ0v) is 13.4. The van der Waals surface area contributed by atoms with Crippen molar-refractivity contribution in [1.29, 1.82) is 5.26 Å². The number of nitriles is 1. The molecule has 0 unspecified atom stereocenters. The van der Waals surface area contributed by atoms with Crippen molar-refractivity contribution in [3.8, 4) is 17.6 Å². The Bertz CT molecular complexity index is 680. The Kier molecular flexibility index (Phi) is 5.07. The Morgan fingerprint density at radius 1 is 1.10 bits per heavy atom. The van der Waals surface area contributed by atoms with E-state index < -0.39 is 0 Å². The maximum Gasteiger partial charge on any atom is 0.161 e. The summed E-state index contributed by atoms with van der Waals surface area (Å²) in [5, 5.41) is 12.4. The van der Waals surface area contributed by atoms with Crippen LogP contribution in [-0.2, 0) is 6.54 Å². The van der Waals surface area contributed by atoms with Gasteiger partial charge in [-0.2, -0.15) is 5.26 Å². The van der Waals surface area contributed by atoms with Gasteiger partial charge in [-0.05, 0) is 35.9 Å². The Labute approximate surface area is 132 Å². The number of nitrogens with one attached hydrogen (secondary N) is 1. The van der Waals surface area contributed by atoms with Crippen LogP contribution in [0, 0.1) is 11.3 Å². The Morgan fingerprint density at radius 2 is 1.86 bits per heavy atom. The molecule has 108 valence electrons. The fourth-order valence-corrected chi connectivity index (χ4v) is 2.31. The average Bonchev–Trinajstić information content (AvgIpc) is 2.53. The van der Waals surface area contributed by atoms with Crippen LogP contribution in [0.2, 0.25) is 0 Å². The Balaban J connectivity index is 2.15. The van der Waals surface area contributed by atoms with Gasteiger partial charge in [0.2, 0.25) is 0 Å². The first-order valence-corrected chi connectivity index (χ1v) is 7.11. The second-order valence-electron chi connectivity index (χ2n) is 4.34. The zero-order chi connectivity index (χ0) is 15.2. The Hall–Kier alpha value is -2.19. The fraction of sp³-hybridized carbons (Fsp3) is 0.188. The molecule has 1 N–H and O–H groups in total. The lowest BCUT2D eigenvalue weighted by Gasteiger charge is -2.12. The molecule has 0 heterocycles. The van der Waals surface area contributed by atoms with Gasteiger partial charge in [0.05, 0.1) is 25.5 Å². The summed E-state index contributed by atoms with van der Waals surface area (Å²) < 4.78 is 11.4. The van der Waals surface area contributed by atoms with E-state index >= 15 is 0 Å². The molecule has 21 heavy (non-hydrogen) atoms. The zero-order valence-electron chi connectivity index (χ0n) is 11.8. The van der Waals surface area contributed by atoms with E-state index in [2.05, 4.69) is 27.3 Å². The third-order valence-electron chi connectivity index (χ3n) is 3.03. The molecular formula is C16H15BrN2O2. The van der Waals surface area contributed by atoms with Crippen LogP contribution in [0.15, 0.2) is 40.9 Å². The lowest BCUT2D eigenvalue weighted by molar-refractivity contribution is 0.354. The smallest absolute Gasteiger partial charge is 0.161 e. The second-order valence-corrected chi connectivity index (χ2v) is 5.26. The maximum atomic E-state index is 9.14. The first kappa shape index (κ1) is 15.2. The minimum Gasteiger partial charge on any atom is -0.493 e. The van der Waals surface area contributed by atoms with Crippen molar-refractivity contribution in [3.63, 3.8) is 0 Å². The van der Waals surface area contributed by atoms with Crippen molar-refractivity contribution in [3.05, 3.63) is 52.0 Å². The van der Waals surface area contributed by atoms with Crippen molar-refractivity contribution >= 4 is 21.6 Å². The van der Waals surface area contributed by atoms with Crippen LogP contribution in [0.4, 0.5) is 5.69 Å². The monoisotopic (exact) mass is 346 g/mol. The number of rotatable bonds is 5. The normalized spacial score (nSPS) is 9.81. The summed E-state index contributed by atoms with van der Waals surface area (Å²) in [5.74, 6) is 1.38. The van der Waals surface area contributed by atoms with Gasteiger partial charge in [0.15, 0.2) is 11.5 Å². The van der Waals surface area contributed by atoms with Gasteiger partial charge in [-0.3, -0.25) is 0 Å². The molecular weight excluding hydrogens is 332 g/mol. The molecule has 0 aliphatic heterocycles. The van der Waals surface area contributed by atoms with Gasteiger partial charge in [-0.1, -0.05) is 22.0 Å². The third kappa shape index (κ3) is 3.67. The molecule has 5 heteroatoms. The van der Waals surface area contributed by atoms with E-state index in [9.17, 15) is 0 Å². The molecule has 2 rings (SSSR count). The summed E-state index contributed by atoms with van der Waals surface area (Å²) in [7, 11) is 3.22. The van der Waals surface area contributed by atoms with Crippen molar-refractivity contribution in [2.24, 2.45) is 0 Å². The summed E-state index contributed by atoms with van der Waals surface area (Å²) in [6.07, 6.45) is 0. The molecule has 2 aromatic carbocycles. The molecule has 2 aromatic rings. The van der Waals surface area contributed by atoms with Crippen molar-refractivity contribution in [1.82, 2.24) is 0 Å². The van der Waals surface area contributed by atoms with Gasteiger partial charge in [-0.25, -0.2) is 0 Å². The third-order valence-corrected chi connectivity index (χ3v) is 3.53. The van der Waals surface area contributed by atoms with Crippen LogP contribution < -0.4 is 14.8 Å². The number of methoxy groups -OCH3 is 2. The molecule has 4 nitrogen and oxygen atoms in total. The summed E-state index contributed by atoms with van der Waals surface area (Å²) in [5.41, 5.74) is 2.44. The quantitative estimate of drug-likeness (QED) is 0.890. The number of benzene rings is 2. The van der Waals surface area contributed by atoms with Crippen LogP contribution in [0.1, 0.15) is 11.1 Å². The minimum absolute atomic E-state index is 0.594. The predicted molar refractivity (Wildman–Crippen MR) is 85.7 cm³/mol. The topological polar surface area (TPSA) is 54.3 Å². The molecule has 0 radical (unpaired) electrons. The second kappa shape index (κ2) is 7.00. The predicted octanol–water partition coefficient (Wildman–Crippen LogP) is 3.95. The van der Waals surface area contributed by atoms with Crippen LogP contribution in [0.5, 0.6) is 11.5 Å². The molecule has 0 saturated heterocycles. The van der Waals surface area contributed by atoms with E-state index in [1.807, 2.05) is 30.3 Å². The highest BCUT2D eigenvalue weighted by atomic mass is 79.9. The number of ether oxygens (including phenoxy) is 2. The largest absolute Gasteiger partial charge is 0.493 e. The summed E-state index contributed by atoms with van der Waals surface area (Å²) >= 11 is 3.36. The molecule has 0 spiro atoms. The first-order chi connectivity index (χ1) is 10.2. The highest BCUT2D eigenvalue weighted by Gasteiger charge is 2.06. The number of halogens is 1. The molecule has 0 fully saturated rings. The molecule has 0 saturated carbocycles. The van der Waals surface area contributed by atoms with E-state index in [0.717, 1.165) is 15.7 Å². The highest BCUT2D eigenvalue weighted by molar-refractivity contribution is 9.10. The van der Waals surface area contributed by atoms with Gasteiger partial charge in [0.1, 0.15) is 6.07 Å². The molecule has 0 aliphatic carbocycles. The van der Waals surface area contributed by atoms with Crippen molar-refractivity contribution in [2.75, 3.05) is 19.5 Å². The first-order valence-electron chi connectivity index (χ1n) is 6.32. The van der Waals surface area contributed by atoms with E-state index in [4.69, 9.17) is 14.7 Å². The number of hydrogen-bond donors (Lipinski definition) is 1. The van der Waals surface area contributed by atoms with Gasteiger partial charge in [0.25, 0.3) is 0 Å². The fourth-order valence-electron chi connectivity index (χ4n) is 1.95. The van der Waals surface area contributed by atoms with Crippen molar-refractivity contribution < 1.29 is 9.47 Å². The van der Waals surface area contributed by atoms with E-state index in [0.29, 0.717) is 23.6 Å². The molecule has 0 atom stereocenters. The number of nitrogens with zero attached hydrogens (tertiary/aromatic N) is 1. The van der Waals surface area contributed by atoms with Gasteiger partial charge in [-0.15, -0.1) is 0 Å². The molecule has 0 aliphatic rings. The van der Waals surface area contributed by atoms with E-state index in [1.165, 1.54) is 0 Å². The van der Waals surface area contributed by atoms with Crippen LogP contribution in [0.3, 0.4) is 0 Å². The number of hydrogen-bond acceptors (Lipinski definition) is 4. The van der Waals surface area contributed by atoms with Crippen LogP contribution in [-0.4, -0.2) is 14.2 Å². The average molecular weight is 347 g/mol. The molecule has 0 aromatic heterocycles. The maximum absolute atomic E-state index is 9.14. The molecule has 0 amide bonds. The van der Waals surface area contributed by atoms with E-state index in [-0.39, 0.29) is 0 Å². The van der Waals surface area contributed by atoms with Crippen molar-refractivity contribution in [2.45, 2.75) is 6.54 Å². The van der Waals surface area contributed by atoms with Gasteiger partial charge < -0.3 is 14.8 Å². The Morgan fingerprint density at radius 3 is 2.52 bits per heavy atom. The lowest BCUT2D eigenvalue weighted by Crippen LogP contribution is -2.02. The standard InChI is InChI=1S/C16H15BrN2O2/c1-20-15-6-3-11(7-16(15)21-2)10-19-14-5-4-13(17)8-12(14)9-18/h3-8,19H,10H2,1-2H3. The van der Waals surface area contributed by atoms with Crippen LogP contribution >= 0.6 is 15.9 Å². The minimum atomic E-state index is 0.594. The summed E-state index contributed by atoms with van der Waals surface area (Å²) in [6.45, 7) is 0.594. The lowest BCUT2D eigenvalue weighted by atomic mass is 10.1. The summed E-state index contributed by atoms with van der Waals surface area (Å²) in [6, 6.07) is 13.5. The van der Waals surface area contributed by atoms with Crippen LogP contribution in [0.25, 0.3) is 0 Å². The van der Waals surface area contributed by atoms with E-state index in [1.54, 1.807) is 20.3 Å². The van der Waals surface area contributed by atoms with Gasteiger partial charge >= 0.3 is 0 Å². The number of anilines is 1. The molecule has 0 bridgehead atoms. The highest BCUT2D eigenvalue weighted by Crippen LogP contribution is 2.28. The van der Waals surface area contributed by atoms with Gasteiger partial charge in [0, 0.05) is 11.0 Å².